The summed E-state index contributed by atoms with van der Waals surface area (Å²) in [7, 11) is 0. The largest absolute Gasteiger partial charge is 0.443 e. The van der Waals surface area contributed by atoms with Gasteiger partial charge in [0.25, 0.3) is 0 Å². The van der Waals surface area contributed by atoms with Crippen LogP contribution in [0.5, 0.6) is 0 Å². The van der Waals surface area contributed by atoms with Gasteiger partial charge in [0, 0.05) is 6.54 Å². The maximum atomic E-state index is 11.8. The molecule has 1 atom stereocenters. The summed E-state index contributed by atoms with van der Waals surface area (Å²) in [5.74, 6) is 0. The van der Waals surface area contributed by atoms with Gasteiger partial charge in [0.05, 0.1) is 12.2 Å². The number of ether oxygens (including phenoxy) is 1. The van der Waals surface area contributed by atoms with Crippen molar-refractivity contribution >= 4 is 11.8 Å². The van der Waals surface area contributed by atoms with Gasteiger partial charge < -0.3 is 10.5 Å². The second-order valence-electron chi connectivity index (χ2n) is 6.10. The number of nitrogens with zero attached hydrogens (tertiary/aromatic N) is 1. The smallest absolute Gasteiger partial charge is 0.414 e. The number of amides is 1. The zero-order valence-electron chi connectivity index (χ0n) is 12.1. The van der Waals surface area contributed by atoms with Crippen LogP contribution in [0.4, 0.5) is 10.5 Å². The summed E-state index contributed by atoms with van der Waals surface area (Å²) < 4.78 is 5.19. The third-order valence-electron chi connectivity index (χ3n) is 3.49. The highest BCUT2D eigenvalue weighted by molar-refractivity contribution is 5.90. The second kappa shape index (κ2) is 4.85. The van der Waals surface area contributed by atoms with Gasteiger partial charge in [-0.25, -0.2) is 4.79 Å². The lowest BCUT2D eigenvalue weighted by Crippen LogP contribution is -2.28. The summed E-state index contributed by atoms with van der Waals surface area (Å²) in [4.78, 5) is 13.5. The summed E-state index contributed by atoms with van der Waals surface area (Å²) in [5, 5.41) is 0. The fraction of sp³-hybridized carbons (Fsp3) is 0.533. The van der Waals surface area contributed by atoms with Crippen LogP contribution in [0.25, 0.3) is 0 Å². The molecule has 0 aromatic heterocycles. The van der Waals surface area contributed by atoms with E-state index in [4.69, 9.17) is 10.5 Å². The molecule has 1 heterocycles. The van der Waals surface area contributed by atoms with Crippen LogP contribution in [0.15, 0.2) is 18.2 Å². The molecule has 2 N–H and O–H groups in total. The van der Waals surface area contributed by atoms with E-state index in [1.807, 2.05) is 13.0 Å². The minimum absolute atomic E-state index is 0.106. The van der Waals surface area contributed by atoms with Gasteiger partial charge in [-0.3, -0.25) is 4.90 Å². The van der Waals surface area contributed by atoms with Gasteiger partial charge in [-0.05, 0) is 29.5 Å². The van der Waals surface area contributed by atoms with Gasteiger partial charge in [-0.2, -0.15) is 0 Å². The Morgan fingerprint density at radius 2 is 2.11 bits per heavy atom. The first kappa shape index (κ1) is 13.9. The molecule has 1 aromatic rings. The zero-order valence-corrected chi connectivity index (χ0v) is 12.1. The lowest BCUT2D eigenvalue weighted by molar-refractivity contribution is 0.145. The van der Waals surface area contributed by atoms with E-state index in [1.165, 1.54) is 5.56 Å². The van der Waals surface area contributed by atoms with Crippen molar-refractivity contribution in [2.24, 2.45) is 5.73 Å². The molecule has 104 valence electrons. The van der Waals surface area contributed by atoms with Crippen LogP contribution in [-0.4, -0.2) is 25.3 Å². The topological polar surface area (TPSA) is 55.6 Å². The van der Waals surface area contributed by atoms with Crippen molar-refractivity contribution in [3.8, 4) is 0 Å². The quantitative estimate of drug-likeness (QED) is 0.891. The molecule has 0 spiro atoms. The van der Waals surface area contributed by atoms with E-state index in [0.29, 0.717) is 13.1 Å². The first-order valence-electron chi connectivity index (χ1n) is 6.62. The fourth-order valence-electron chi connectivity index (χ4n) is 2.27. The Kier molecular flexibility index (Phi) is 3.54. The molecule has 1 aromatic carbocycles. The maximum Gasteiger partial charge on any atom is 0.414 e. The summed E-state index contributed by atoms with van der Waals surface area (Å²) in [6.07, 6.45) is -0.503. The standard InChI is InChI=1S/C15H22N2O2/c1-10-7-11(15(2,3)4)5-6-13(10)17-9-12(8-16)19-14(17)18/h5-7,12H,8-9,16H2,1-4H3. The number of rotatable bonds is 2. The van der Waals surface area contributed by atoms with Crippen LogP contribution in [0.1, 0.15) is 31.9 Å². The minimum Gasteiger partial charge on any atom is -0.443 e. The Morgan fingerprint density at radius 1 is 1.42 bits per heavy atom. The zero-order chi connectivity index (χ0) is 14.2. The summed E-state index contributed by atoms with van der Waals surface area (Å²) in [5.41, 5.74) is 8.91. The second-order valence-corrected chi connectivity index (χ2v) is 6.10. The number of carbonyl (C=O) groups excluding carboxylic acids is 1. The van der Waals surface area contributed by atoms with Gasteiger partial charge in [-0.1, -0.05) is 32.9 Å². The molecule has 19 heavy (non-hydrogen) atoms. The average molecular weight is 262 g/mol. The number of hydrogen-bond acceptors (Lipinski definition) is 3. The molecule has 1 aliphatic heterocycles. The molecule has 0 bridgehead atoms. The molecule has 2 rings (SSSR count). The number of hydrogen-bond donors (Lipinski definition) is 1. The molecule has 1 fully saturated rings. The lowest BCUT2D eigenvalue weighted by Gasteiger charge is -2.22. The molecule has 4 nitrogen and oxygen atoms in total. The summed E-state index contributed by atoms with van der Waals surface area (Å²) in [6, 6.07) is 6.21. The van der Waals surface area contributed by atoms with Crippen molar-refractivity contribution in [1.82, 2.24) is 0 Å². The normalized spacial score (nSPS) is 19.7. The van der Waals surface area contributed by atoms with Crippen molar-refractivity contribution in [2.75, 3.05) is 18.0 Å². The first-order chi connectivity index (χ1) is 8.82. The first-order valence-corrected chi connectivity index (χ1v) is 6.62. The Morgan fingerprint density at radius 3 is 2.58 bits per heavy atom. The van der Waals surface area contributed by atoms with Gasteiger partial charge in [0.15, 0.2) is 0 Å². The predicted octanol–water partition coefficient (Wildman–Crippen LogP) is 2.58. The highest BCUT2D eigenvalue weighted by Gasteiger charge is 2.32. The number of carbonyl (C=O) groups is 1. The highest BCUT2D eigenvalue weighted by atomic mass is 16.6. The van der Waals surface area contributed by atoms with Gasteiger partial charge in [0.2, 0.25) is 0 Å². The molecular weight excluding hydrogens is 240 g/mol. The highest BCUT2D eigenvalue weighted by Crippen LogP contribution is 2.30. The number of aryl methyl sites for hydroxylation is 1. The lowest BCUT2D eigenvalue weighted by atomic mass is 9.86. The van der Waals surface area contributed by atoms with Gasteiger partial charge >= 0.3 is 6.09 Å². The van der Waals surface area contributed by atoms with Crippen LogP contribution < -0.4 is 10.6 Å². The number of cyclic esters (lactones) is 1. The van der Waals surface area contributed by atoms with E-state index in [2.05, 4.69) is 32.9 Å². The van der Waals surface area contributed by atoms with Crippen molar-refractivity contribution < 1.29 is 9.53 Å². The molecule has 1 saturated heterocycles. The molecule has 0 aliphatic carbocycles. The van der Waals surface area contributed by atoms with Crippen LogP contribution >= 0.6 is 0 Å². The van der Waals surface area contributed by atoms with E-state index in [1.54, 1.807) is 4.90 Å². The summed E-state index contributed by atoms with van der Waals surface area (Å²) >= 11 is 0. The van der Waals surface area contributed by atoms with E-state index in [-0.39, 0.29) is 17.6 Å². The Labute approximate surface area is 114 Å². The predicted molar refractivity (Wildman–Crippen MR) is 76.5 cm³/mol. The van der Waals surface area contributed by atoms with Crippen LogP contribution in [-0.2, 0) is 10.2 Å². The van der Waals surface area contributed by atoms with Crippen molar-refractivity contribution in [2.45, 2.75) is 39.2 Å². The van der Waals surface area contributed by atoms with Crippen molar-refractivity contribution in [1.29, 1.82) is 0 Å². The van der Waals surface area contributed by atoms with Gasteiger partial charge in [0.1, 0.15) is 6.10 Å². The van der Waals surface area contributed by atoms with E-state index in [0.717, 1.165) is 11.3 Å². The van der Waals surface area contributed by atoms with E-state index >= 15 is 0 Å². The monoisotopic (exact) mass is 262 g/mol. The third-order valence-corrected chi connectivity index (χ3v) is 3.49. The third kappa shape index (κ3) is 2.73. The van der Waals surface area contributed by atoms with Gasteiger partial charge in [-0.15, -0.1) is 0 Å². The fourth-order valence-corrected chi connectivity index (χ4v) is 2.27. The van der Waals surface area contributed by atoms with Crippen molar-refractivity contribution in [3.05, 3.63) is 29.3 Å². The molecule has 0 saturated carbocycles. The summed E-state index contributed by atoms with van der Waals surface area (Å²) in [6.45, 7) is 9.45. The maximum absolute atomic E-state index is 11.8. The SMILES string of the molecule is Cc1cc(C(C)(C)C)ccc1N1CC(CN)OC1=O. The number of nitrogens with two attached hydrogens (primary N) is 1. The molecule has 0 radical (unpaired) electrons. The molecular formula is C15H22N2O2. The molecule has 1 aliphatic rings. The Balaban J connectivity index is 2.30. The molecule has 1 unspecified atom stereocenters. The van der Waals surface area contributed by atoms with Crippen LogP contribution in [0.2, 0.25) is 0 Å². The van der Waals surface area contributed by atoms with E-state index in [9.17, 15) is 4.79 Å². The average Bonchev–Trinajstić information content (AvgIpc) is 2.69. The Bertz CT molecular complexity index is 491. The number of benzene rings is 1. The van der Waals surface area contributed by atoms with Crippen LogP contribution in [0, 0.1) is 6.92 Å². The Hall–Kier alpha value is -1.55. The van der Waals surface area contributed by atoms with Crippen LogP contribution in [0.3, 0.4) is 0 Å². The van der Waals surface area contributed by atoms with E-state index < -0.39 is 0 Å². The van der Waals surface area contributed by atoms with Crippen molar-refractivity contribution in [3.63, 3.8) is 0 Å². The molecule has 4 heteroatoms. The molecule has 1 amide bonds. The number of anilines is 1. The minimum atomic E-state index is -0.304.